The first-order valence-corrected chi connectivity index (χ1v) is 12.8. The maximum Gasteiger partial charge on any atom is 0.262 e. The van der Waals surface area contributed by atoms with Crippen molar-refractivity contribution in [3.05, 3.63) is 102 Å². The molecule has 2 heterocycles. The number of nitriles is 1. The molecule has 2 aromatic heterocycles. The Labute approximate surface area is 223 Å². The zero-order valence-corrected chi connectivity index (χ0v) is 21.5. The lowest BCUT2D eigenvalue weighted by Crippen LogP contribution is -2.24. The fraction of sp³-hybridized carbons (Fsp3) is 0.226. The minimum absolute atomic E-state index is 0.00483. The third-order valence-electron chi connectivity index (χ3n) is 6.00. The second-order valence-electron chi connectivity index (χ2n) is 8.86. The Morgan fingerprint density at radius 3 is 2.58 bits per heavy atom. The van der Waals surface area contributed by atoms with Crippen molar-refractivity contribution in [2.45, 2.75) is 39.2 Å². The van der Waals surface area contributed by atoms with E-state index in [1.165, 1.54) is 12.8 Å². The lowest BCUT2D eigenvalue weighted by Gasteiger charge is -2.07. The summed E-state index contributed by atoms with van der Waals surface area (Å²) < 4.78 is 7.64. The lowest BCUT2D eigenvalue weighted by atomic mass is 10.1. The van der Waals surface area contributed by atoms with E-state index in [4.69, 9.17) is 9.84 Å². The predicted molar refractivity (Wildman–Crippen MR) is 148 cm³/mol. The van der Waals surface area contributed by atoms with Crippen molar-refractivity contribution in [1.29, 1.82) is 5.26 Å². The van der Waals surface area contributed by atoms with Gasteiger partial charge in [0.15, 0.2) is 0 Å². The minimum Gasteiger partial charge on any atom is -0.494 e. The Balaban J connectivity index is 1.58. The molecule has 38 heavy (non-hydrogen) atoms. The highest BCUT2D eigenvalue weighted by molar-refractivity contribution is 6.02. The lowest BCUT2D eigenvalue weighted by molar-refractivity contribution is -0.117. The van der Waals surface area contributed by atoms with E-state index in [0.717, 1.165) is 35.4 Å². The fourth-order valence-corrected chi connectivity index (χ4v) is 3.94. The van der Waals surface area contributed by atoms with Gasteiger partial charge in [0.2, 0.25) is 0 Å². The molecule has 4 aromatic rings. The van der Waals surface area contributed by atoms with Crippen LogP contribution < -0.4 is 10.1 Å². The average molecular weight is 506 g/mol. The van der Waals surface area contributed by atoms with E-state index in [-0.39, 0.29) is 12.1 Å². The smallest absolute Gasteiger partial charge is 0.262 e. The van der Waals surface area contributed by atoms with Crippen LogP contribution in [0, 0.1) is 11.3 Å². The summed E-state index contributed by atoms with van der Waals surface area (Å²) in [6.07, 6.45) is 11.4. The number of para-hydroxylation sites is 1. The van der Waals surface area contributed by atoms with Crippen molar-refractivity contribution in [2.24, 2.45) is 0 Å². The molecular weight excluding hydrogens is 474 g/mol. The standard InChI is InChI=1S/C31H31N5O2/c1-2-3-4-8-18-38-29-15-13-25(14-16-29)30-27(23-36(35-30)28-11-6-5-7-12-28)19-26(20-32)31(37)34-22-24-10-9-17-33-21-24/h5-7,9-17,19,21,23H,2-4,8,18,22H2,1H3,(H,34,37)/b26-19+. The summed E-state index contributed by atoms with van der Waals surface area (Å²) in [6.45, 7) is 3.16. The quantitative estimate of drug-likeness (QED) is 0.142. The number of carbonyl (C=O) groups is 1. The highest BCUT2D eigenvalue weighted by atomic mass is 16.5. The minimum atomic E-state index is -0.457. The van der Waals surface area contributed by atoms with Gasteiger partial charge in [-0.15, -0.1) is 0 Å². The molecule has 7 heteroatoms. The number of unbranched alkanes of at least 4 members (excludes halogenated alkanes) is 3. The number of rotatable bonds is 12. The predicted octanol–water partition coefficient (Wildman–Crippen LogP) is 6.12. The summed E-state index contributed by atoms with van der Waals surface area (Å²) in [6, 6.07) is 23.2. The van der Waals surface area contributed by atoms with Crippen LogP contribution in [0.1, 0.15) is 43.7 Å². The van der Waals surface area contributed by atoms with Crippen LogP contribution in [0.25, 0.3) is 23.0 Å². The Hall–Kier alpha value is -4.70. The number of benzene rings is 2. The Bertz CT molecular complexity index is 1390. The first kappa shape index (κ1) is 26.4. The van der Waals surface area contributed by atoms with Gasteiger partial charge in [-0.25, -0.2) is 4.68 Å². The highest BCUT2D eigenvalue weighted by Gasteiger charge is 2.15. The van der Waals surface area contributed by atoms with Gasteiger partial charge in [-0.05, 0) is 60.5 Å². The molecular formula is C31H31N5O2. The van der Waals surface area contributed by atoms with Gasteiger partial charge in [0.1, 0.15) is 17.4 Å². The van der Waals surface area contributed by atoms with Gasteiger partial charge in [-0.1, -0.05) is 50.5 Å². The van der Waals surface area contributed by atoms with Gasteiger partial charge in [-0.2, -0.15) is 10.4 Å². The van der Waals surface area contributed by atoms with E-state index in [2.05, 4.69) is 17.2 Å². The molecule has 1 N–H and O–H groups in total. The van der Waals surface area contributed by atoms with Crippen LogP contribution in [0.3, 0.4) is 0 Å². The van der Waals surface area contributed by atoms with E-state index in [1.807, 2.05) is 72.9 Å². The molecule has 0 bridgehead atoms. The topological polar surface area (TPSA) is 92.8 Å². The van der Waals surface area contributed by atoms with Crippen LogP contribution in [0.5, 0.6) is 5.75 Å². The maximum atomic E-state index is 12.8. The van der Waals surface area contributed by atoms with Gasteiger partial charge in [0, 0.05) is 36.3 Å². The molecule has 0 aliphatic carbocycles. The van der Waals surface area contributed by atoms with Crippen molar-refractivity contribution in [3.63, 3.8) is 0 Å². The van der Waals surface area contributed by atoms with Gasteiger partial charge in [0.05, 0.1) is 18.0 Å². The molecule has 2 aromatic carbocycles. The molecule has 0 saturated carbocycles. The second kappa shape index (κ2) is 13.6. The maximum absolute atomic E-state index is 12.8. The monoisotopic (exact) mass is 505 g/mol. The number of hydrogen-bond acceptors (Lipinski definition) is 5. The summed E-state index contributed by atoms with van der Waals surface area (Å²) >= 11 is 0. The molecule has 0 aliphatic rings. The van der Waals surface area contributed by atoms with Crippen molar-refractivity contribution in [3.8, 4) is 28.8 Å². The number of nitrogens with one attached hydrogen (secondary N) is 1. The van der Waals surface area contributed by atoms with Crippen molar-refractivity contribution in [2.75, 3.05) is 6.61 Å². The highest BCUT2D eigenvalue weighted by Crippen LogP contribution is 2.27. The number of amides is 1. The zero-order valence-electron chi connectivity index (χ0n) is 21.5. The third-order valence-corrected chi connectivity index (χ3v) is 6.00. The van der Waals surface area contributed by atoms with Gasteiger partial charge in [-0.3, -0.25) is 9.78 Å². The van der Waals surface area contributed by atoms with Crippen molar-refractivity contribution >= 4 is 12.0 Å². The molecule has 0 aliphatic heterocycles. The van der Waals surface area contributed by atoms with E-state index in [9.17, 15) is 10.1 Å². The Kier molecular flexibility index (Phi) is 9.41. The molecule has 0 saturated heterocycles. The summed E-state index contributed by atoms with van der Waals surface area (Å²) in [5, 5.41) is 17.4. The van der Waals surface area contributed by atoms with Crippen LogP contribution in [-0.4, -0.2) is 27.3 Å². The van der Waals surface area contributed by atoms with Crippen molar-refractivity contribution in [1.82, 2.24) is 20.1 Å². The summed E-state index contributed by atoms with van der Waals surface area (Å²) in [5.41, 5.74) is 3.90. The molecule has 4 rings (SSSR count). The summed E-state index contributed by atoms with van der Waals surface area (Å²) in [4.78, 5) is 16.9. The largest absolute Gasteiger partial charge is 0.494 e. The molecule has 0 fully saturated rings. The SMILES string of the molecule is CCCCCCOc1ccc(-c2nn(-c3ccccc3)cc2/C=C(\C#N)C(=O)NCc2cccnc2)cc1. The van der Waals surface area contributed by atoms with Crippen LogP contribution in [0.4, 0.5) is 0 Å². The summed E-state index contributed by atoms with van der Waals surface area (Å²) in [5.74, 6) is 0.346. The van der Waals surface area contributed by atoms with Crippen LogP contribution in [0.15, 0.2) is 90.9 Å². The molecule has 0 spiro atoms. The normalized spacial score (nSPS) is 11.1. The molecule has 0 radical (unpaired) electrons. The molecule has 1 amide bonds. The molecule has 0 unspecified atom stereocenters. The Morgan fingerprint density at radius 1 is 1.05 bits per heavy atom. The Morgan fingerprint density at radius 2 is 1.87 bits per heavy atom. The van der Waals surface area contributed by atoms with E-state index >= 15 is 0 Å². The van der Waals surface area contributed by atoms with Gasteiger partial charge >= 0.3 is 0 Å². The van der Waals surface area contributed by atoms with Crippen LogP contribution in [0.2, 0.25) is 0 Å². The molecule has 0 atom stereocenters. The molecule has 192 valence electrons. The van der Waals surface area contributed by atoms with Gasteiger partial charge < -0.3 is 10.1 Å². The number of carbonyl (C=O) groups excluding carboxylic acids is 1. The second-order valence-corrected chi connectivity index (χ2v) is 8.86. The van der Waals surface area contributed by atoms with Crippen LogP contribution in [-0.2, 0) is 11.3 Å². The number of hydrogen-bond donors (Lipinski definition) is 1. The fourth-order valence-electron chi connectivity index (χ4n) is 3.94. The first-order chi connectivity index (χ1) is 18.7. The van der Waals surface area contributed by atoms with E-state index in [0.29, 0.717) is 17.9 Å². The van der Waals surface area contributed by atoms with Crippen molar-refractivity contribution < 1.29 is 9.53 Å². The number of ether oxygens (including phenoxy) is 1. The zero-order chi connectivity index (χ0) is 26.6. The summed E-state index contributed by atoms with van der Waals surface area (Å²) in [7, 11) is 0. The molecule has 7 nitrogen and oxygen atoms in total. The van der Waals surface area contributed by atoms with Gasteiger partial charge in [0.25, 0.3) is 5.91 Å². The average Bonchev–Trinajstić information content (AvgIpc) is 3.40. The number of aromatic nitrogens is 3. The first-order valence-electron chi connectivity index (χ1n) is 12.8. The van der Waals surface area contributed by atoms with Crippen LogP contribution >= 0.6 is 0 Å². The van der Waals surface area contributed by atoms with E-state index < -0.39 is 5.91 Å². The number of pyridine rings is 1. The van der Waals surface area contributed by atoms with E-state index in [1.54, 1.807) is 29.2 Å². The number of nitrogens with zero attached hydrogens (tertiary/aromatic N) is 4. The third kappa shape index (κ3) is 7.17.